The highest BCUT2D eigenvalue weighted by Gasteiger charge is 2.15. The number of benzene rings is 1. The van der Waals surface area contributed by atoms with Gasteiger partial charge in [-0.15, -0.1) is 22.7 Å². The fraction of sp³-hybridized carbons (Fsp3) is 0.200. The largest absolute Gasteiger partial charge is 0.312 e. The van der Waals surface area contributed by atoms with Crippen LogP contribution in [0.5, 0.6) is 0 Å². The Labute approximate surface area is 129 Å². The number of rotatable bonds is 4. The topological polar surface area (TPSA) is 12.0 Å². The average molecular weight is 352 g/mol. The minimum absolute atomic E-state index is 0.382. The molecule has 0 aliphatic heterocycles. The fourth-order valence-corrected chi connectivity index (χ4v) is 4.91. The molecule has 0 fully saturated rings. The number of nitrogens with one attached hydrogen (secondary N) is 1. The van der Waals surface area contributed by atoms with Crippen LogP contribution in [0, 0.1) is 0 Å². The highest BCUT2D eigenvalue weighted by molar-refractivity contribution is 9.10. The van der Waals surface area contributed by atoms with Gasteiger partial charge in [0.15, 0.2) is 0 Å². The molecule has 1 N–H and O–H groups in total. The molecule has 0 amide bonds. The van der Waals surface area contributed by atoms with Crippen molar-refractivity contribution in [2.75, 3.05) is 7.05 Å². The molecule has 1 unspecified atom stereocenters. The first-order chi connectivity index (χ1) is 9.28. The van der Waals surface area contributed by atoms with E-state index in [1.165, 1.54) is 24.3 Å². The van der Waals surface area contributed by atoms with Crippen LogP contribution in [0.4, 0.5) is 0 Å². The third-order valence-corrected chi connectivity index (χ3v) is 6.40. The third kappa shape index (κ3) is 2.77. The zero-order chi connectivity index (χ0) is 13.2. The van der Waals surface area contributed by atoms with Crippen molar-refractivity contribution < 1.29 is 0 Å². The molecule has 0 radical (unpaired) electrons. The summed E-state index contributed by atoms with van der Waals surface area (Å²) in [7, 11) is 2.04. The van der Waals surface area contributed by atoms with Gasteiger partial charge in [-0.3, -0.25) is 0 Å². The Morgan fingerprint density at radius 1 is 1.26 bits per heavy atom. The molecule has 98 valence electrons. The van der Waals surface area contributed by atoms with Crippen LogP contribution < -0.4 is 5.32 Å². The van der Waals surface area contributed by atoms with Crippen molar-refractivity contribution in [2.45, 2.75) is 12.5 Å². The van der Waals surface area contributed by atoms with E-state index >= 15 is 0 Å². The van der Waals surface area contributed by atoms with Crippen molar-refractivity contribution in [3.63, 3.8) is 0 Å². The van der Waals surface area contributed by atoms with E-state index in [1.807, 2.05) is 29.7 Å². The summed E-state index contributed by atoms with van der Waals surface area (Å²) in [5, 5.41) is 6.92. The molecular weight excluding hydrogens is 338 g/mol. The summed E-state index contributed by atoms with van der Waals surface area (Å²) in [6.07, 6.45) is 1.03. The van der Waals surface area contributed by atoms with E-state index in [4.69, 9.17) is 0 Å². The van der Waals surface area contributed by atoms with Crippen molar-refractivity contribution in [1.82, 2.24) is 5.32 Å². The van der Waals surface area contributed by atoms with E-state index in [0.717, 1.165) is 6.42 Å². The van der Waals surface area contributed by atoms with Gasteiger partial charge in [-0.05, 0) is 51.9 Å². The van der Waals surface area contributed by atoms with Gasteiger partial charge in [0, 0.05) is 31.4 Å². The number of thiophene rings is 2. The molecule has 0 saturated heterocycles. The second-order valence-electron chi connectivity index (χ2n) is 4.42. The van der Waals surface area contributed by atoms with Gasteiger partial charge in [0.2, 0.25) is 0 Å². The van der Waals surface area contributed by atoms with E-state index in [9.17, 15) is 0 Å². The molecule has 0 aliphatic rings. The van der Waals surface area contributed by atoms with Gasteiger partial charge in [-0.2, -0.15) is 0 Å². The second-order valence-corrected chi connectivity index (χ2v) is 7.39. The number of likely N-dealkylation sites (N-methyl/N-ethyl adjacent to an activating group) is 1. The molecule has 2 aromatic heterocycles. The van der Waals surface area contributed by atoms with Gasteiger partial charge in [0.25, 0.3) is 0 Å². The Morgan fingerprint density at radius 3 is 2.79 bits per heavy atom. The molecule has 1 aromatic carbocycles. The standard InChI is InChI=1S/C15H14BrNS2/c1-17-12(9-14-11(16)6-7-18-14)15-8-10-4-2-3-5-13(10)19-15/h2-8,12,17H,9H2,1H3. The fourth-order valence-electron chi connectivity index (χ4n) is 2.18. The Kier molecular flexibility index (Phi) is 4.03. The third-order valence-electron chi connectivity index (χ3n) is 3.22. The molecule has 2 heterocycles. The highest BCUT2D eigenvalue weighted by atomic mass is 79.9. The lowest BCUT2D eigenvalue weighted by Gasteiger charge is -2.13. The van der Waals surface area contributed by atoms with Crippen LogP contribution >= 0.6 is 38.6 Å². The summed E-state index contributed by atoms with van der Waals surface area (Å²) in [4.78, 5) is 2.81. The minimum Gasteiger partial charge on any atom is -0.312 e. The second kappa shape index (κ2) is 5.75. The number of hydrogen-bond donors (Lipinski definition) is 1. The summed E-state index contributed by atoms with van der Waals surface area (Å²) >= 11 is 7.31. The Hall–Kier alpha value is -0.680. The number of fused-ring (bicyclic) bond motifs is 1. The molecule has 0 aliphatic carbocycles. The molecule has 0 spiro atoms. The van der Waals surface area contributed by atoms with Gasteiger partial charge < -0.3 is 5.32 Å². The van der Waals surface area contributed by atoms with Crippen molar-refractivity contribution >= 4 is 48.7 Å². The molecule has 3 aromatic rings. The van der Waals surface area contributed by atoms with E-state index < -0.39 is 0 Å². The van der Waals surface area contributed by atoms with Gasteiger partial charge in [0.1, 0.15) is 0 Å². The molecule has 0 saturated carbocycles. The lowest BCUT2D eigenvalue weighted by molar-refractivity contribution is 0.606. The maximum absolute atomic E-state index is 3.62. The van der Waals surface area contributed by atoms with Crippen LogP contribution in [0.15, 0.2) is 46.3 Å². The molecule has 4 heteroatoms. The predicted octanol–water partition coefficient (Wildman–Crippen LogP) is 5.23. The van der Waals surface area contributed by atoms with Gasteiger partial charge >= 0.3 is 0 Å². The molecule has 0 bridgehead atoms. The predicted molar refractivity (Wildman–Crippen MR) is 89.3 cm³/mol. The van der Waals surface area contributed by atoms with Crippen LogP contribution in [-0.4, -0.2) is 7.05 Å². The average Bonchev–Trinajstić information content (AvgIpc) is 3.02. The normalized spacial score (nSPS) is 12.9. The maximum Gasteiger partial charge on any atom is 0.0462 e. The first-order valence-electron chi connectivity index (χ1n) is 6.15. The summed E-state index contributed by atoms with van der Waals surface area (Å²) in [6.45, 7) is 0. The quantitative estimate of drug-likeness (QED) is 0.678. The highest BCUT2D eigenvalue weighted by Crippen LogP contribution is 2.33. The van der Waals surface area contributed by atoms with Crippen molar-refractivity contribution in [1.29, 1.82) is 0 Å². The smallest absolute Gasteiger partial charge is 0.0462 e. The van der Waals surface area contributed by atoms with Gasteiger partial charge in [0.05, 0.1) is 0 Å². The van der Waals surface area contributed by atoms with Crippen molar-refractivity contribution in [2.24, 2.45) is 0 Å². The zero-order valence-electron chi connectivity index (χ0n) is 10.5. The van der Waals surface area contributed by atoms with E-state index in [-0.39, 0.29) is 0 Å². The van der Waals surface area contributed by atoms with Crippen LogP contribution in [0.1, 0.15) is 15.8 Å². The zero-order valence-corrected chi connectivity index (χ0v) is 13.7. The summed E-state index contributed by atoms with van der Waals surface area (Å²) in [6, 6.07) is 13.4. The SMILES string of the molecule is CNC(Cc1sccc1Br)c1cc2ccccc2s1. The van der Waals surface area contributed by atoms with Crippen LogP contribution in [-0.2, 0) is 6.42 Å². The van der Waals surface area contributed by atoms with Gasteiger partial charge in [-0.1, -0.05) is 18.2 Å². The van der Waals surface area contributed by atoms with Gasteiger partial charge in [-0.25, -0.2) is 0 Å². The summed E-state index contributed by atoms with van der Waals surface area (Å²) in [5.41, 5.74) is 0. The Morgan fingerprint density at radius 2 is 2.11 bits per heavy atom. The molecular formula is C15H14BrNS2. The molecule has 19 heavy (non-hydrogen) atoms. The lowest BCUT2D eigenvalue weighted by atomic mass is 10.1. The number of hydrogen-bond acceptors (Lipinski definition) is 3. The molecule has 1 nitrogen and oxygen atoms in total. The summed E-state index contributed by atoms with van der Waals surface area (Å²) in [5.74, 6) is 0. The van der Waals surface area contributed by atoms with Crippen LogP contribution in [0.25, 0.3) is 10.1 Å². The monoisotopic (exact) mass is 351 g/mol. The molecule has 3 rings (SSSR count). The lowest BCUT2D eigenvalue weighted by Crippen LogP contribution is -2.17. The summed E-state index contributed by atoms with van der Waals surface area (Å²) < 4.78 is 2.59. The minimum atomic E-state index is 0.382. The Balaban J connectivity index is 1.91. The Bertz CT molecular complexity index is 653. The number of halogens is 1. The first-order valence-corrected chi connectivity index (χ1v) is 8.64. The van der Waals surface area contributed by atoms with E-state index in [0.29, 0.717) is 6.04 Å². The molecule has 1 atom stereocenters. The maximum atomic E-state index is 3.62. The first kappa shape index (κ1) is 13.3. The van der Waals surface area contributed by atoms with Crippen molar-refractivity contribution in [3.05, 3.63) is 56.0 Å². The van der Waals surface area contributed by atoms with Crippen LogP contribution in [0.2, 0.25) is 0 Å². The van der Waals surface area contributed by atoms with E-state index in [2.05, 4.69) is 63.0 Å². The van der Waals surface area contributed by atoms with E-state index in [1.54, 1.807) is 0 Å². The van der Waals surface area contributed by atoms with Crippen molar-refractivity contribution in [3.8, 4) is 0 Å². The van der Waals surface area contributed by atoms with Crippen LogP contribution in [0.3, 0.4) is 0 Å².